The van der Waals surface area contributed by atoms with Gasteiger partial charge >= 0.3 is 0 Å². The molecule has 0 saturated heterocycles. The summed E-state index contributed by atoms with van der Waals surface area (Å²) in [7, 11) is 1.59. The molecule has 1 aliphatic heterocycles. The Labute approximate surface area is 182 Å². The highest BCUT2D eigenvalue weighted by Crippen LogP contribution is 2.46. The van der Waals surface area contributed by atoms with Gasteiger partial charge in [0.05, 0.1) is 12.7 Å². The molecule has 160 valence electrons. The number of carbonyl (C=O) groups excluding carboxylic acids is 2. The van der Waals surface area contributed by atoms with Gasteiger partial charge in [0.25, 0.3) is 5.91 Å². The molecular formula is C26H27NO4. The fourth-order valence-electron chi connectivity index (χ4n) is 5.50. The van der Waals surface area contributed by atoms with Crippen molar-refractivity contribution in [3.8, 4) is 11.5 Å². The van der Waals surface area contributed by atoms with E-state index in [0.717, 1.165) is 18.4 Å². The molecule has 0 bridgehead atoms. The van der Waals surface area contributed by atoms with Crippen LogP contribution in [0.5, 0.6) is 11.5 Å². The van der Waals surface area contributed by atoms with E-state index in [1.54, 1.807) is 31.4 Å². The van der Waals surface area contributed by atoms with Gasteiger partial charge in [-0.1, -0.05) is 37.5 Å². The number of amides is 1. The van der Waals surface area contributed by atoms with Gasteiger partial charge in [-0.25, -0.2) is 0 Å². The number of phenolic OH excluding ortho intramolecular Hbond substituents is 1. The minimum absolute atomic E-state index is 0.0427. The fraction of sp³-hybridized carbons (Fsp3) is 0.385. The first-order valence-electron chi connectivity index (χ1n) is 11.1. The second-order valence-corrected chi connectivity index (χ2v) is 8.75. The Morgan fingerprint density at radius 3 is 2.61 bits per heavy atom. The van der Waals surface area contributed by atoms with Crippen LogP contribution in [0.3, 0.4) is 0 Å². The zero-order valence-corrected chi connectivity index (χ0v) is 17.8. The topological polar surface area (TPSA) is 66.8 Å². The molecule has 31 heavy (non-hydrogen) atoms. The monoisotopic (exact) mass is 417 g/mol. The number of hydrogen-bond acceptors (Lipinski definition) is 4. The number of methoxy groups -OCH3 is 1. The van der Waals surface area contributed by atoms with Crippen molar-refractivity contribution in [3.63, 3.8) is 0 Å². The lowest BCUT2D eigenvalue weighted by molar-refractivity contribution is 0.0587. The molecule has 5 rings (SSSR count). The van der Waals surface area contributed by atoms with Crippen LogP contribution in [-0.4, -0.2) is 41.4 Å². The lowest BCUT2D eigenvalue weighted by atomic mass is 9.75. The summed E-state index contributed by atoms with van der Waals surface area (Å²) < 4.78 is 5.63. The van der Waals surface area contributed by atoms with Gasteiger partial charge in [-0.05, 0) is 49.1 Å². The molecule has 3 aliphatic rings. The quantitative estimate of drug-likeness (QED) is 0.716. The van der Waals surface area contributed by atoms with Crippen molar-refractivity contribution in [1.29, 1.82) is 0 Å². The third-order valence-corrected chi connectivity index (χ3v) is 7.03. The molecule has 0 radical (unpaired) electrons. The van der Waals surface area contributed by atoms with Gasteiger partial charge < -0.3 is 14.7 Å². The van der Waals surface area contributed by atoms with E-state index in [-0.39, 0.29) is 28.9 Å². The highest BCUT2D eigenvalue weighted by molar-refractivity contribution is 6.31. The van der Waals surface area contributed by atoms with Crippen LogP contribution < -0.4 is 4.74 Å². The highest BCUT2D eigenvalue weighted by atomic mass is 16.5. The number of ketones is 1. The maximum Gasteiger partial charge on any atom is 0.254 e. The SMILES string of the molecule is COc1ccc2c3c1C(C(=O)c1ccccc1O)=CCC3CN(C1CCCCC1)C2=O. The Bertz CT molecular complexity index is 1080. The van der Waals surface area contributed by atoms with Crippen LogP contribution in [-0.2, 0) is 0 Å². The molecule has 5 heteroatoms. The van der Waals surface area contributed by atoms with Crippen LogP contribution in [0, 0.1) is 0 Å². The summed E-state index contributed by atoms with van der Waals surface area (Å²) >= 11 is 0. The minimum Gasteiger partial charge on any atom is -0.507 e. The minimum atomic E-state index is -0.245. The Hall–Kier alpha value is -3.08. The van der Waals surface area contributed by atoms with E-state index < -0.39 is 0 Å². The van der Waals surface area contributed by atoms with Crippen LogP contribution in [0.1, 0.15) is 76.3 Å². The maximum absolute atomic E-state index is 13.5. The number of allylic oxidation sites excluding steroid dienone is 2. The van der Waals surface area contributed by atoms with Crippen LogP contribution >= 0.6 is 0 Å². The molecule has 1 unspecified atom stereocenters. The van der Waals surface area contributed by atoms with Crippen molar-refractivity contribution in [2.24, 2.45) is 0 Å². The summed E-state index contributed by atoms with van der Waals surface area (Å²) in [4.78, 5) is 29.0. The second-order valence-electron chi connectivity index (χ2n) is 8.75. The molecular weight excluding hydrogens is 390 g/mol. The number of hydrogen-bond donors (Lipinski definition) is 1. The Morgan fingerprint density at radius 2 is 1.87 bits per heavy atom. The molecule has 2 aromatic carbocycles. The summed E-state index contributed by atoms with van der Waals surface area (Å²) in [6.07, 6.45) is 8.41. The van der Waals surface area contributed by atoms with Crippen LogP contribution in [0.2, 0.25) is 0 Å². The lowest BCUT2D eigenvalue weighted by Crippen LogP contribution is -2.47. The van der Waals surface area contributed by atoms with Crippen molar-refractivity contribution < 1.29 is 19.4 Å². The first-order chi connectivity index (χ1) is 15.1. The zero-order chi connectivity index (χ0) is 21.5. The number of nitrogens with zero attached hydrogens (tertiary/aromatic N) is 1. The number of phenols is 1. The van der Waals surface area contributed by atoms with Crippen LogP contribution in [0.25, 0.3) is 5.57 Å². The average Bonchev–Trinajstić information content (AvgIpc) is 2.81. The van der Waals surface area contributed by atoms with E-state index in [0.29, 0.717) is 41.5 Å². The van der Waals surface area contributed by atoms with Gasteiger partial charge in [-0.15, -0.1) is 0 Å². The highest BCUT2D eigenvalue weighted by Gasteiger charge is 2.40. The molecule has 1 amide bonds. The van der Waals surface area contributed by atoms with Crippen LogP contribution in [0.4, 0.5) is 0 Å². The molecule has 0 spiro atoms. The Morgan fingerprint density at radius 1 is 1.10 bits per heavy atom. The van der Waals surface area contributed by atoms with Gasteiger partial charge in [0.1, 0.15) is 11.5 Å². The average molecular weight is 418 g/mol. The molecule has 2 aromatic rings. The second kappa shape index (κ2) is 7.88. The number of aromatic hydroxyl groups is 1. The maximum atomic E-state index is 13.5. The molecule has 1 atom stereocenters. The number of Topliss-reactive ketones (excluding diaryl/α,β-unsaturated/α-hetero) is 1. The van der Waals surface area contributed by atoms with Gasteiger partial charge in [-0.2, -0.15) is 0 Å². The van der Waals surface area contributed by atoms with Gasteiger partial charge in [0.15, 0.2) is 5.78 Å². The predicted molar refractivity (Wildman–Crippen MR) is 119 cm³/mol. The van der Waals surface area contributed by atoms with Gasteiger partial charge in [0.2, 0.25) is 0 Å². The van der Waals surface area contributed by atoms with Crippen molar-refractivity contribution in [1.82, 2.24) is 4.90 Å². The van der Waals surface area contributed by atoms with E-state index in [9.17, 15) is 14.7 Å². The van der Waals surface area contributed by atoms with Crippen molar-refractivity contribution >= 4 is 17.3 Å². The standard InChI is InChI=1S/C26H27NO4/c1-31-22-14-13-20-23-16(15-27(26(20)30)17-7-3-2-4-8-17)11-12-19(24(22)23)25(29)18-9-5-6-10-21(18)28/h5-6,9-10,12-14,16-17,28H,2-4,7-8,11,15H2,1H3. The molecule has 2 aliphatic carbocycles. The fourth-order valence-corrected chi connectivity index (χ4v) is 5.50. The van der Waals surface area contributed by atoms with Crippen molar-refractivity contribution in [3.05, 3.63) is 64.7 Å². The number of para-hydroxylation sites is 1. The summed E-state index contributed by atoms with van der Waals surface area (Å²) in [5.74, 6) is 0.528. The predicted octanol–water partition coefficient (Wildman–Crippen LogP) is 4.94. The van der Waals surface area contributed by atoms with E-state index >= 15 is 0 Å². The third-order valence-electron chi connectivity index (χ3n) is 7.03. The normalized spacial score (nSPS) is 20.8. The molecule has 1 fully saturated rings. The smallest absolute Gasteiger partial charge is 0.254 e. The first kappa shape index (κ1) is 19.9. The van der Waals surface area contributed by atoms with Gasteiger partial charge in [0, 0.05) is 35.2 Å². The molecule has 1 saturated carbocycles. The Kier molecular flexibility index (Phi) is 5.05. The van der Waals surface area contributed by atoms with Crippen molar-refractivity contribution in [2.75, 3.05) is 13.7 Å². The summed E-state index contributed by atoms with van der Waals surface area (Å²) in [6, 6.07) is 10.5. The van der Waals surface area contributed by atoms with E-state index in [4.69, 9.17) is 4.74 Å². The Balaban J connectivity index is 1.59. The molecule has 1 N–H and O–H groups in total. The number of benzene rings is 2. The van der Waals surface area contributed by atoms with E-state index in [1.807, 2.05) is 12.1 Å². The number of rotatable bonds is 4. The van der Waals surface area contributed by atoms with E-state index in [2.05, 4.69) is 4.90 Å². The number of ether oxygens (including phenoxy) is 1. The molecule has 0 aromatic heterocycles. The summed E-state index contributed by atoms with van der Waals surface area (Å²) in [6.45, 7) is 0.686. The molecule has 5 nitrogen and oxygen atoms in total. The zero-order valence-electron chi connectivity index (χ0n) is 17.8. The van der Waals surface area contributed by atoms with Crippen molar-refractivity contribution in [2.45, 2.75) is 50.5 Å². The third kappa shape index (κ3) is 3.23. The van der Waals surface area contributed by atoms with Crippen LogP contribution in [0.15, 0.2) is 42.5 Å². The van der Waals surface area contributed by atoms with Gasteiger partial charge in [-0.3, -0.25) is 9.59 Å². The van der Waals surface area contributed by atoms with E-state index in [1.165, 1.54) is 25.3 Å². The largest absolute Gasteiger partial charge is 0.507 e. The lowest BCUT2D eigenvalue weighted by Gasteiger charge is -2.42. The molecule has 1 heterocycles. The summed E-state index contributed by atoms with van der Waals surface area (Å²) in [5, 5.41) is 10.2. The summed E-state index contributed by atoms with van der Waals surface area (Å²) in [5.41, 5.74) is 3.09. The first-order valence-corrected chi connectivity index (χ1v) is 11.1. The number of carbonyl (C=O) groups is 2.